The second kappa shape index (κ2) is 6.11. The normalized spacial score (nSPS) is 14.0. The SMILES string of the molecule is CC(=O)N(c1ccc(F)cc1NC(=O)NC(C)C)C1CC1. The Kier molecular flexibility index (Phi) is 4.45. The fourth-order valence-corrected chi connectivity index (χ4v) is 2.20. The second-order valence-corrected chi connectivity index (χ2v) is 5.53. The third kappa shape index (κ3) is 3.93. The molecule has 1 aromatic carbocycles. The highest BCUT2D eigenvalue weighted by atomic mass is 19.1. The van der Waals surface area contributed by atoms with Gasteiger partial charge in [0.05, 0.1) is 11.4 Å². The second-order valence-electron chi connectivity index (χ2n) is 5.53. The van der Waals surface area contributed by atoms with E-state index in [-0.39, 0.29) is 18.0 Å². The number of nitrogens with one attached hydrogen (secondary N) is 2. The van der Waals surface area contributed by atoms with Gasteiger partial charge < -0.3 is 15.5 Å². The van der Waals surface area contributed by atoms with Crippen molar-refractivity contribution in [2.75, 3.05) is 10.2 Å². The van der Waals surface area contributed by atoms with E-state index in [0.717, 1.165) is 12.8 Å². The molecule has 1 fully saturated rings. The van der Waals surface area contributed by atoms with Gasteiger partial charge in [0.2, 0.25) is 5.91 Å². The minimum Gasteiger partial charge on any atom is -0.336 e. The number of amides is 3. The highest BCUT2D eigenvalue weighted by molar-refractivity contribution is 6.00. The van der Waals surface area contributed by atoms with Crippen molar-refractivity contribution in [1.29, 1.82) is 0 Å². The molecule has 2 N–H and O–H groups in total. The van der Waals surface area contributed by atoms with E-state index in [1.54, 1.807) is 4.90 Å². The molecule has 1 saturated carbocycles. The highest BCUT2D eigenvalue weighted by Crippen LogP contribution is 2.36. The molecule has 0 atom stereocenters. The van der Waals surface area contributed by atoms with Crippen molar-refractivity contribution < 1.29 is 14.0 Å². The Bertz CT molecular complexity index is 556. The van der Waals surface area contributed by atoms with Crippen LogP contribution in [-0.4, -0.2) is 24.0 Å². The summed E-state index contributed by atoms with van der Waals surface area (Å²) in [7, 11) is 0. The first-order valence-electron chi connectivity index (χ1n) is 7.05. The van der Waals surface area contributed by atoms with E-state index in [9.17, 15) is 14.0 Å². The third-order valence-electron chi connectivity index (χ3n) is 3.14. The Balaban J connectivity index is 2.28. The fourth-order valence-electron chi connectivity index (χ4n) is 2.20. The van der Waals surface area contributed by atoms with E-state index in [2.05, 4.69) is 10.6 Å². The predicted molar refractivity (Wildman–Crippen MR) is 79.9 cm³/mol. The van der Waals surface area contributed by atoms with Gasteiger partial charge in [-0.2, -0.15) is 0 Å². The number of carbonyl (C=O) groups excluding carboxylic acids is 2. The van der Waals surface area contributed by atoms with Crippen molar-refractivity contribution in [3.05, 3.63) is 24.0 Å². The van der Waals surface area contributed by atoms with Crippen molar-refractivity contribution in [1.82, 2.24) is 5.32 Å². The molecular weight excluding hydrogens is 273 g/mol. The van der Waals surface area contributed by atoms with Crippen LogP contribution in [0.15, 0.2) is 18.2 Å². The maximum Gasteiger partial charge on any atom is 0.319 e. The number of hydrogen-bond donors (Lipinski definition) is 2. The molecular formula is C15H20FN3O2. The molecule has 2 rings (SSSR count). The molecule has 0 aliphatic heterocycles. The largest absolute Gasteiger partial charge is 0.336 e. The van der Waals surface area contributed by atoms with Gasteiger partial charge in [0.25, 0.3) is 0 Å². The van der Waals surface area contributed by atoms with Crippen LogP contribution in [0.4, 0.5) is 20.6 Å². The zero-order chi connectivity index (χ0) is 15.6. The monoisotopic (exact) mass is 293 g/mol. The van der Waals surface area contributed by atoms with Crippen molar-refractivity contribution in [2.45, 2.75) is 45.7 Å². The highest BCUT2D eigenvalue weighted by Gasteiger charge is 2.33. The zero-order valence-electron chi connectivity index (χ0n) is 12.4. The predicted octanol–water partition coefficient (Wildman–Crippen LogP) is 2.87. The number of urea groups is 1. The Morgan fingerprint density at radius 2 is 2.00 bits per heavy atom. The van der Waals surface area contributed by atoms with E-state index >= 15 is 0 Å². The first-order valence-corrected chi connectivity index (χ1v) is 7.05. The molecule has 0 radical (unpaired) electrons. The van der Waals surface area contributed by atoms with Crippen molar-refractivity contribution >= 4 is 23.3 Å². The average Bonchev–Trinajstić information content (AvgIpc) is 3.15. The first kappa shape index (κ1) is 15.3. The van der Waals surface area contributed by atoms with Gasteiger partial charge in [0, 0.05) is 19.0 Å². The molecule has 1 aliphatic rings. The first-order chi connectivity index (χ1) is 9.88. The Hall–Kier alpha value is -2.11. The van der Waals surface area contributed by atoms with Crippen molar-refractivity contribution in [2.24, 2.45) is 0 Å². The van der Waals surface area contributed by atoms with Crippen molar-refractivity contribution in [3.63, 3.8) is 0 Å². The summed E-state index contributed by atoms with van der Waals surface area (Å²) in [5, 5.41) is 5.29. The van der Waals surface area contributed by atoms with Crippen LogP contribution >= 0.6 is 0 Å². The van der Waals surface area contributed by atoms with Gasteiger partial charge in [-0.05, 0) is 44.9 Å². The summed E-state index contributed by atoms with van der Waals surface area (Å²) in [6, 6.07) is 3.74. The lowest BCUT2D eigenvalue weighted by Gasteiger charge is -2.24. The van der Waals surface area contributed by atoms with Gasteiger partial charge >= 0.3 is 6.03 Å². The molecule has 21 heavy (non-hydrogen) atoms. The topological polar surface area (TPSA) is 61.4 Å². The molecule has 0 aromatic heterocycles. The van der Waals surface area contributed by atoms with Crippen LogP contribution < -0.4 is 15.5 Å². The van der Waals surface area contributed by atoms with Crippen LogP contribution in [0.25, 0.3) is 0 Å². The Morgan fingerprint density at radius 3 is 2.52 bits per heavy atom. The number of anilines is 2. The van der Waals surface area contributed by atoms with Crippen LogP contribution in [0.1, 0.15) is 33.6 Å². The van der Waals surface area contributed by atoms with Gasteiger partial charge in [-0.25, -0.2) is 9.18 Å². The Morgan fingerprint density at radius 1 is 1.33 bits per heavy atom. The molecule has 5 nitrogen and oxygen atoms in total. The Labute approximate surface area is 123 Å². The van der Waals surface area contributed by atoms with E-state index in [4.69, 9.17) is 0 Å². The summed E-state index contributed by atoms with van der Waals surface area (Å²) in [6.45, 7) is 5.13. The van der Waals surface area contributed by atoms with Crippen LogP contribution in [0.3, 0.4) is 0 Å². The summed E-state index contributed by atoms with van der Waals surface area (Å²) in [5.74, 6) is -0.575. The average molecular weight is 293 g/mol. The van der Waals surface area contributed by atoms with Crippen LogP contribution in [0.5, 0.6) is 0 Å². The van der Waals surface area contributed by atoms with Gasteiger partial charge in [0.1, 0.15) is 5.82 Å². The molecule has 1 aromatic rings. The number of rotatable bonds is 4. The van der Waals surface area contributed by atoms with Gasteiger partial charge in [0.15, 0.2) is 0 Å². The molecule has 3 amide bonds. The number of halogens is 1. The molecule has 0 unspecified atom stereocenters. The number of carbonyl (C=O) groups is 2. The van der Waals surface area contributed by atoms with Crippen LogP contribution in [-0.2, 0) is 4.79 Å². The summed E-state index contributed by atoms with van der Waals surface area (Å²) in [4.78, 5) is 25.3. The number of nitrogens with zero attached hydrogens (tertiary/aromatic N) is 1. The molecule has 114 valence electrons. The molecule has 1 aliphatic carbocycles. The van der Waals surface area contributed by atoms with Gasteiger partial charge in [-0.1, -0.05) is 0 Å². The lowest BCUT2D eigenvalue weighted by molar-refractivity contribution is -0.116. The molecule has 0 spiro atoms. The summed E-state index contributed by atoms with van der Waals surface area (Å²) in [6.07, 6.45) is 1.85. The van der Waals surface area contributed by atoms with Crippen LogP contribution in [0.2, 0.25) is 0 Å². The molecule has 6 heteroatoms. The van der Waals surface area contributed by atoms with Gasteiger partial charge in [-0.15, -0.1) is 0 Å². The van der Waals surface area contributed by atoms with E-state index < -0.39 is 11.8 Å². The maximum absolute atomic E-state index is 13.5. The lowest BCUT2D eigenvalue weighted by atomic mass is 10.2. The van der Waals surface area contributed by atoms with E-state index in [1.165, 1.54) is 25.1 Å². The molecule has 0 saturated heterocycles. The van der Waals surface area contributed by atoms with Crippen LogP contribution in [0, 0.1) is 5.82 Å². The van der Waals surface area contributed by atoms with E-state index in [0.29, 0.717) is 11.4 Å². The smallest absolute Gasteiger partial charge is 0.319 e. The lowest BCUT2D eigenvalue weighted by Crippen LogP contribution is -2.36. The fraction of sp³-hybridized carbons (Fsp3) is 0.467. The quantitative estimate of drug-likeness (QED) is 0.896. The standard InChI is InChI=1S/C15H20FN3O2/c1-9(2)17-15(21)18-13-8-11(16)4-7-14(13)19(10(3)20)12-5-6-12/h4,7-9,12H,5-6H2,1-3H3,(H2,17,18,21). The van der Waals surface area contributed by atoms with Gasteiger partial charge in [-0.3, -0.25) is 4.79 Å². The zero-order valence-corrected chi connectivity index (χ0v) is 12.4. The van der Waals surface area contributed by atoms with E-state index in [1.807, 2.05) is 13.8 Å². The number of hydrogen-bond acceptors (Lipinski definition) is 2. The maximum atomic E-state index is 13.5. The molecule has 0 heterocycles. The minimum atomic E-state index is -0.460. The molecule has 0 bridgehead atoms. The van der Waals surface area contributed by atoms with Crippen molar-refractivity contribution in [3.8, 4) is 0 Å². The summed E-state index contributed by atoms with van der Waals surface area (Å²) >= 11 is 0. The summed E-state index contributed by atoms with van der Waals surface area (Å²) in [5.41, 5.74) is 0.834. The third-order valence-corrected chi connectivity index (χ3v) is 3.14. The minimum absolute atomic E-state index is 0.0330. The number of benzene rings is 1. The summed E-state index contributed by atoms with van der Waals surface area (Å²) < 4.78 is 13.5.